The zero-order chi connectivity index (χ0) is 7.72. The lowest BCUT2D eigenvalue weighted by molar-refractivity contribution is 1.47. The fourth-order valence-corrected chi connectivity index (χ4v) is 1.21. The molecule has 0 nitrogen and oxygen atoms in total. The van der Waals surface area contributed by atoms with Crippen LogP contribution in [0.15, 0.2) is 12.1 Å². The Morgan fingerprint density at radius 2 is 1.55 bits per heavy atom. The van der Waals surface area contributed by atoms with Gasteiger partial charge in [-0.25, -0.2) is 0 Å². The summed E-state index contributed by atoms with van der Waals surface area (Å²) in [6.45, 7) is 1.88. The highest BCUT2D eigenvalue weighted by Crippen LogP contribution is 2.31. The summed E-state index contributed by atoms with van der Waals surface area (Å²) in [4.78, 5) is 0. The van der Waals surface area contributed by atoms with Gasteiger partial charge in [0.15, 0.2) is 0 Å². The smallest absolute Gasteiger partial charge is 0.0781 e. The molecular formula is C7H5Cl3Si. The van der Waals surface area contributed by atoms with E-state index in [1.807, 2.05) is 13.0 Å². The molecule has 0 aliphatic heterocycles. The first kappa shape index (κ1) is 11.3. The van der Waals surface area contributed by atoms with Crippen molar-refractivity contribution in [3.63, 3.8) is 0 Å². The SMILES string of the molecule is Cc1ccc(Cl)c(Cl)c1Cl.[Si]. The highest BCUT2D eigenvalue weighted by Gasteiger charge is 2.03. The summed E-state index contributed by atoms with van der Waals surface area (Å²) in [6, 6.07) is 3.56. The van der Waals surface area contributed by atoms with E-state index in [-0.39, 0.29) is 11.0 Å². The van der Waals surface area contributed by atoms with Gasteiger partial charge in [-0.15, -0.1) is 0 Å². The van der Waals surface area contributed by atoms with E-state index in [1.165, 1.54) is 0 Å². The van der Waals surface area contributed by atoms with Gasteiger partial charge in [0, 0.05) is 11.0 Å². The summed E-state index contributed by atoms with van der Waals surface area (Å²) < 4.78 is 0. The van der Waals surface area contributed by atoms with E-state index in [1.54, 1.807) is 6.07 Å². The van der Waals surface area contributed by atoms with Gasteiger partial charge in [-0.05, 0) is 18.6 Å². The average Bonchev–Trinajstić information content (AvgIpc) is 1.93. The molecule has 58 valence electrons. The Kier molecular flexibility index (Phi) is 4.48. The maximum Gasteiger partial charge on any atom is 0.0781 e. The lowest BCUT2D eigenvalue weighted by Gasteiger charge is -2.00. The average molecular weight is 224 g/mol. The van der Waals surface area contributed by atoms with Crippen LogP contribution in [0.3, 0.4) is 0 Å². The molecule has 0 unspecified atom stereocenters. The lowest BCUT2D eigenvalue weighted by atomic mass is 10.2. The van der Waals surface area contributed by atoms with E-state index in [2.05, 4.69) is 0 Å². The first-order valence-corrected chi connectivity index (χ1v) is 3.86. The van der Waals surface area contributed by atoms with E-state index in [9.17, 15) is 0 Å². The van der Waals surface area contributed by atoms with Crippen molar-refractivity contribution in [1.82, 2.24) is 0 Å². The molecule has 0 aliphatic rings. The zero-order valence-corrected chi connectivity index (χ0v) is 9.06. The maximum absolute atomic E-state index is 5.77. The maximum atomic E-state index is 5.77. The highest BCUT2D eigenvalue weighted by molar-refractivity contribution is 6.48. The fourth-order valence-electron chi connectivity index (χ4n) is 0.622. The van der Waals surface area contributed by atoms with Crippen LogP contribution in [-0.2, 0) is 0 Å². The second-order valence-electron chi connectivity index (χ2n) is 1.99. The number of benzene rings is 1. The molecule has 0 fully saturated rings. The van der Waals surface area contributed by atoms with Gasteiger partial charge in [-0.3, -0.25) is 0 Å². The third kappa shape index (κ3) is 2.37. The quantitative estimate of drug-likeness (QED) is 0.466. The first-order valence-electron chi connectivity index (χ1n) is 2.73. The molecule has 0 atom stereocenters. The molecule has 1 aromatic carbocycles. The topological polar surface area (TPSA) is 0 Å². The molecule has 11 heavy (non-hydrogen) atoms. The van der Waals surface area contributed by atoms with Crippen LogP contribution in [0.4, 0.5) is 0 Å². The molecule has 0 aromatic heterocycles. The van der Waals surface area contributed by atoms with Crippen molar-refractivity contribution in [3.8, 4) is 0 Å². The number of hydrogen-bond donors (Lipinski definition) is 0. The molecule has 0 spiro atoms. The number of aryl methyl sites for hydroxylation is 1. The van der Waals surface area contributed by atoms with Gasteiger partial charge in [-0.2, -0.15) is 0 Å². The van der Waals surface area contributed by atoms with Crippen LogP contribution in [0.25, 0.3) is 0 Å². The summed E-state index contributed by atoms with van der Waals surface area (Å²) in [5, 5.41) is 1.47. The normalized spacial score (nSPS) is 9.09. The molecule has 0 aliphatic carbocycles. The monoisotopic (exact) mass is 222 g/mol. The highest BCUT2D eigenvalue weighted by atomic mass is 35.5. The molecule has 0 saturated heterocycles. The standard InChI is InChI=1S/C7H5Cl3.Si/c1-4-2-3-5(8)7(10)6(4)9;/h2-3H,1H3;. The van der Waals surface area contributed by atoms with Crippen LogP contribution in [-0.4, -0.2) is 11.0 Å². The second kappa shape index (κ2) is 4.36. The molecule has 1 aromatic rings. The van der Waals surface area contributed by atoms with Gasteiger partial charge in [-0.1, -0.05) is 40.9 Å². The van der Waals surface area contributed by atoms with Crippen LogP contribution in [0.2, 0.25) is 15.1 Å². The van der Waals surface area contributed by atoms with E-state index >= 15 is 0 Å². The fraction of sp³-hybridized carbons (Fsp3) is 0.143. The van der Waals surface area contributed by atoms with Gasteiger partial charge in [0.25, 0.3) is 0 Å². The Morgan fingerprint density at radius 1 is 1.00 bits per heavy atom. The van der Waals surface area contributed by atoms with Crippen LogP contribution >= 0.6 is 34.8 Å². The van der Waals surface area contributed by atoms with Gasteiger partial charge < -0.3 is 0 Å². The second-order valence-corrected chi connectivity index (χ2v) is 3.16. The van der Waals surface area contributed by atoms with Crippen molar-refractivity contribution in [2.24, 2.45) is 0 Å². The van der Waals surface area contributed by atoms with Crippen molar-refractivity contribution in [2.45, 2.75) is 6.92 Å². The summed E-state index contributed by atoms with van der Waals surface area (Å²) >= 11 is 17.2. The third-order valence-corrected chi connectivity index (χ3v) is 2.62. The molecule has 4 radical (unpaired) electrons. The largest absolute Gasteiger partial charge is 0.0827 e. The predicted molar refractivity (Wildman–Crippen MR) is 52.0 cm³/mol. The Balaban J connectivity index is 0.000001000. The van der Waals surface area contributed by atoms with Crippen LogP contribution in [0.1, 0.15) is 5.56 Å². The third-order valence-electron chi connectivity index (χ3n) is 1.23. The van der Waals surface area contributed by atoms with E-state index < -0.39 is 0 Å². The van der Waals surface area contributed by atoms with Gasteiger partial charge in [0.2, 0.25) is 0 Å². The summed E-state index contributed by atoms with van der Waals surface area (Å²) in [6.07, 6.45) is 0. The molecule has 1 rings (SSSR count). The van der Waals surface area contributed by atoms with E-state index in [0.717, 1.165) is 5.56 Å². The zero-order valence-electron chi connectivity index (χ0n) is 5.79. The van der Waals surface area contributed by atoms with Gasteiger partial charge in [0.05, 0.1) is 15.1 Å². The number of halogens is 3. The molecular weight excluding hydrogens is 219 g/mol. The summed E-state index contributed by atoms with van der Waals surface area (Å²) in [7, 11) is 0. The van der Waals surface area contributed by atoms with E-state index in [0.29, 0.717) is 15.1 Å². The van der Waals surface area contributed by atoms with Crippen molar-refractivity contribution in [1.29, 1.82) is 0 Å². The van der Waals surface area contributed by atoms with Crippen LogP contribution < -0.4 is 0 Å². The van der Waals surface area contributed by atoms with Crippen molar-refractivity contribution < 1.29 is 0 Å². The molecule has 0 saturated carbocycles. The Hall–Kier alpha value is 0.307. The van der Waals surface area contributed by atoms with Crippen LogP contribution in [0.5, 0.6) is 0 Å². The molecule has 0 heterocycles. The van der Waals surface area contributed by atoms with E-state index in [4.69, 9.17) is 34.8 Å². The molecule has 0 amide bonds. The minimum atomic E-state index is 0. The first-order chi connectivity index (χ1) is 4.63. The Bertz CT molecular complexity index is 233. The molecule has 0 bridgehead atoms. The summed E-state index contributed by atoms with van der Waals surface area (Å²) in [5.41, 5.74) is 0.941. The predicted octanol–water partition coefficient (Wildman–Crippen LogP) is 3.57. The molecule has 0 N–H and O–H groups in total. The van der Waals surface area contributed by atoms with Gasteiger partial charge >= 0.3 is 0 Å². The number of rotatable bonds is 0. The van der Waals surface area contributed by atoms with Crippen molar-refractivity contribution >= 4 is 45.8 Å². The number of hydrogen-bond acceptors (Lipinski definition) is 0. The molecule has 4 heteroatoms. The Morgan fingerprint density at radius 3 is 2.00 bits per heavy atom. The van der Waals surface area contributed by atoms with Crippen molar-refractivity contribution in [2.75, 3.05) is 0 Å². The lowest BCUT2D eigenvalue weighted by Crippen LogP contribution is -1.76. The van der Waals surface area contributed by atoms with Gasteiger partial charge in [0.1, 0.15) is 0 Å². The summed E-state index contributed by atoms with van der Waals surface area (Å²) in [5.74, 6) is 0. The Labute approximate surface area is 85.5 Å². The minimum absolute atomic E-state index is 0. The van der Waals surface area contributed by atoms with Crippen LogP contribution in [0, 0.1) is 6.92 Å². The van der Waals surface area contributed by atoms with Crippen molar-refractivity contribution in [3.05, 3.63) is 32.8 Å². The minimum Gasteiger partial charge on any atom is -0.0827 e.